The number of aromatic nitrogens is 2. The highest BCUT2D eigenvalue weighted by Gasteiger charge is 2.17. The molecule has 0 saturated heterocycles. The van der Waals surface area contributed by atoms with E-state index in [0.29, 0.717) is 0 Å². The summed E-state index contributed by atoms with van der Waals surface area (Å²) in [6.45, 7) is 6.75. The topological polar surface area (TPSA) is 38.9 Å². The molecule has 196 valence electrons. The second-order valence-electron chi connectivity index (χ2n) is 11.9. The third kappa shape index (κ3) is 3.81. The van der Waals surface area contributed by atoms with Crippen molar-refractivity contribution in [1.29, 1.82) is 0 Å². The summed E-state index contributed by atoms with van der Waals surface area (Å²) in [6.07, 6.45) is 3.55. The zero-order valence-electron chi connectivity index (χ0n) is 23.3. The van der Waals surface area contributed by atoms with E-state index in [4.69, 9.17) is 9.40 Å². The predicted octanol–water partition coefficient (Wildman–Crippen LogP) is 10.5. The molecule has 2 aromatic heterocycles. The number of hydrogen-bond donors (Lipinski definition) is 0. The van der Waals surface area contributed by atoms with Crippen molar-refractivity contribution < 1.29 is 4.42 Å². The SMILES string of the molecule is CC(C)(C)c1ccc2oc3ccc(-c4cccc(-c5ccc6c(c5)c5ccccc5c5nccnc65)c4)cc3c2c1. The highest BCUT2D eigenvalue weighted by Crippen LogP contribution is 2.38. The van der Waals surface area contributed by atoms with Gasteiger partial charge in [0, 0.05) is 33.9 Å². The zero-order valence-corrected chi connectivity index (χ0v) is 23.3. The molecular weight excluding hydrogens is 500 g/mol. The lowest BCUT2D eigenvalue weighted by Gasteiger charge is -2.18. The molecule has 0 radical (unpaired) electrons. The standard InChI is InChI=1S/C38H28N2O/c1-38(2,3)27-13-16-35-33(22-27)32-21-26(12-15-34(32)41-35)24-8-6-7-23(19-24)25-11-14-30-31(20-25)28-9-4-5-10-29(28)36-37(30)40-18-17-39-36/h4-22H,1-3H3. The summed E-state index contributed by atoms with van der Waals surface area (Å²) in [5.74, 6) is 0. The first-order valence-corrected chi connectivity index (χ1v) is 14.1. The van der Waals surface area contributed by atoms with Crippen LogP contribution in [0, 0.1) is 0 Å². The highest BCUT2D eigenvalue weighted by atomic mass is 16.3. The molecule has 0 bridgehead atoms. The summed E-state index contributed by atoms with van der Waals surface area (Å²) in [5.41, 5.74) is 9.84. The molecule has 0 aliphatic heterocycles. The molecule has 8 aromatic rings. The summed E-state index contributed by atoms with van der Waals surface area (Å²) < 4.78 is 6.20. The number of rotatable bonds is 2. The maximum atomic E-state index is 6.20. The number of hydrogen-bond acceptors (Lipinski definition) is 3. The molecule has 0 N–H and O–H groups in total. The quantitative estimate of drug-likeness (QED) is 0.210. The van der Waals surface area contributed by atoms with Gasteiger partial charge in [-0.25, -0.2) is 0 Å². The normalized spacial score (nSPS) is 12.3. The van der Waals surface area contributed by atoms with E-state index in [9.17, 15) is 0 Å². The van der Waals surface area contributed by atoms with Crippen molar-refractivity contribution in [3.8, 4) is 22.3 Å². The van der Waals surface area contributed by atoms with Crippen LogP contribution < -0.4 is 0 Å². The van der Waals surface area contributed by atoms with Crippen LogP contribution in [0.5, 0.6) is 0 Å². The van der Waals surface area contributed by atoms with Crippen LogP contribution in [0.3, 0.4) is 0 Å². The molecule has 8 rings (SSSR count). The predicted molar refractivity (Wildman–Crippen MR) is 171 cm³/mol. The van der Waals surface area contributed by atoms with E-state index in [-0.39, 0.29) is 5.41 Å². The molecule has 0 fully saturated rings. The van der Waals surface area contributed by atoms with Crippen molar-refractivity contribution in [3.05, 3.63) is 121 Å². The van der Waals surface area contributed by atoms with E-state index in [0.717, 1.165) is 38.4 Å². The van der Waals surface area contributed by atoms with Gasteiger partial charge in [0.2, 0.25) is 0 Å². The Morgan fingerprint density at radius 2 is 1.02 bits per heavy atom. The molecule has 0 unspecified atom stereocenters. The average molecular weight is 529 g/mol. The number of furan rings is 1. The minimum absolute atomic E-state index is 0.0772. The molecular formula is C38H28N2O. The summed E-state index contributed by atoms with van der Waals surface area (Å²) >= 11 is 0. The molecule has 0 atom stereocenters. The van der Waals surface area contributed by atoms with Gasteiger partial charge in [0.05, 0.1) is 11.0 Å². The van der Waals surface area contributed by atoms with Crippen LogP contribution in [0.4, 0.5) is 0 Å². The maximum Gasteiger partial charge on any atom is 0.135 e. The Kier molecular flexibility index (Phi) is 5.08. The van der Waals surface area contributed by atoms with Crippen LogP contribution in [0.1, 0.15) is 26.3 Å². The van der Waals surface area contributed by atoms with Crippen LogP contribution in [-0.4, -0.2) is 9.97 Å². The van der Waals surface area contributed by atoms with Crippen LogP contribution >= 0.6 is 0 Å². The van der Waals surface area contributed by atoms with E-state index in [2.05, 4.69) is 129 Å². The third-order valence-electron chi connectivity index (χ3n) is 8.31. The fraction of sp³-hybridized carbons (Fsp3) is 0.105. The lowest BCUT2D eigenvalue weighted by Crippen LogP contribution is -2.10. The molecule has 6 aromatic carbocycles. The number of benzene rings is 6. The number of nitrogens with zero attached hydrogens (tertiary/aromatic N) is 2. The van der Waals surface area contributed by atoms with Gasteiger partial charge >= 0.3 is 0 Å². The largest absolute Gasteiger partial charge is 0.456 e. The Morgan fingerprint density at radius 1 is 0.463 bits per heavy atom. The van der Waals surface area contributed by atoms with Crippen molar-refractivity contribution in [2.75, 3.05) is 0 Å². The Balaban J connectivity index is 1.27. The van der Waals surface area contributed by atoms with E-state index < -0.39 is 0 Å². The van der Waals surface area contributed by atoms with Gasteiger partial charge in [-0.1, -0.05) is 87.5 Å². The van der Waals surface area contributed by atoms with Gasteiger partial charge in [-0.2, -0.15) is 0 Å². The van der Waals surface area contributed by atoms with Crippen LogP contribution in [0.15, 0.2) is 120 Å². The summed E-state index contributed by atoms with van der Waals surface area (Å²) in [5, 5.41) is 6.96. The first-order chi connectivity index (χ1) is 19.9. The van der Waals surface area contributed by atoms with Crippen LogP contribution in [0.25, 0.3) is 76.8 Å². The fourth-order valence-corrected chi connectivity index (χ4v) is 6.11. The monoisotopic (exact) mass is 528 g/mol. The third-order valence-corrected chi connectivity index (χ3v) is 8.31. The van der Waals surface area contributed by atoms with Gasteiger partial charge in [0.25, 0.3) is 0 Å². The van der Waals surface area contributed by atoms with Gasteiger partial charge in [0.15, 0.2) is 0 Å². The Hall–Kier alpha value is -5.02. The van der Waals surface area contributed by atoms with E-state index in [1.807, 2.05) is 0 Å². The molecule has 0 amide bonds. The van der Waals surface area contributed by atoms with Crippen molar-refractivity contribution in [2.45, 2.75) is 26.2 Å². The van der Waals surface area contributed by atoms with E-state index >= 15 is 0 Å². The van der Waals surface area contributed by atoms with E-state index in [1.165, 1.54) is 44.0 Å². The lowest BCUT2D eigenvalue weighted by atomic mass is 9.86. The van der Waals surface area contributed by atoms with Crippen LogP contribution in [0.2, 0.25) is 0 Å². The Bertz CT molecular complexity index is 2270. The molecule has 0 saturated carbocycles. The Labute approximate surface area is 238 Å². The first-order valence-electron chi connectivity index (χ1n) is 14.1. The minimum atomic E-state index is 0.0772. The van der Waals surface area contributed by atoms with Crippen LogP contribution in [-0.2, 0) is 5.41 Å². The summed E-state index contributed by atoms with van der Waals surface area (Å²) in [4.78, 5) is 9.38. The average Bonchev–Trinajstić information content (AvgIpc) is 3.38. The molecule has 3 nitrogen and oxygen atoms in total. The smallest absolute Gasteiger partial charge is 0.135 e. The van der Waals surface area contributed by atoms with Crippen molar-refractivity contribution in [2.24, 2.45) is 0 Å². The summed E-state index contributed by atoms with van der Waals surface area (Å²) in [6, 6.07) is 37.1. The second kappa shape index (κ2) is 8.74. The zero-order chi connectivity index (χ0) is 27.7. The molecule has 0 aliphatic carbocycles. The molecule has 41 heavy (non-hydrogen) atoms. The fourth-order valence-electron chi connectivity index (χ4n) is 6.11. The lowest BCUT2D eigenvalue weighted by molar-refractivity contribution is 0.590. The maximum absolute atomic E-state index is 6.20. The molecule has 0 aliphatic rings. The van der Waals surface area contributed by atoms with Crippen molar-refractivity contribution in [1.82, 2.24) is 9.97 Å². The van der Waals surface area contributed by atoms with Crippen molar-refractivity contribution >= 4 is 54.5 Å². The van der Waals surface area contributed by atoms with Gasteiger partial charge in [-0.15, -0.1) is 0 Å². The molecule has 2 heterocycles. The first kappa shape index (κ1) is 23.8. The molecule has 0 spiro atoms. The van der Waals surface area contributed by atoms with E-state index in [1.54, 1.807) is 12.4 Å². The van der Waals surface area contributed by atoms with Gasteiger partial charge < -0.3 is 4.42 Å². The number of fused-ring (bicyclic) bond motifs is 9. The van der Waals surface area contributed by atoms with Gasteiger partial charge in [-0.05, 0) is 80.4 Å². The Morgan fingerprint density at radius 3 is 1.73 bits per heavy atom. The summed E-state index contributed by atoms with van der Waals surface area (Å²) in [7, 11) is 0. The highest BCUT2D eigenvalue weighted by molar-refractivity contribution is 6.23. The van der Waals surface area contributed by atoms with Crippen molar-refractivity contribution in [3.63, 3.8) is 0 Å². The second-order valence-corrected chi connectivity index (χ2v) is 11.9. The minimum Gasteiger partial charge on any atom is -0.456 e. The van der Waals surface area contributed by atoms with Gasteiger partial charge in [-0.3, -0.25) is 9.97 Å². The van der Waals surface area contributed by atoms with Gasteiger partial charge in [0.1, 0.15) is 11.2 Å². The molecule has 3 heteroatoms.